The molecule has 18 heavy (non-hydrogen) atoms. The first-order chi connectivity index (χ1) is 8.46. The lowest BCUT2D eigenvalue weighted by Gasteiger charge is -2.24. The first-order valence-corrected chi connectivity index (χ1v) is 6.23. The van der Waals surface area contributed by atoms with Gasteiger partial charge in [-0.15, -0.1) is 0 Å². The number of aromatic nitrogens is 1. The normalized spacial score (nSPS) is 23.2. The molecule has 1 aromatic rings. The predicted octanol–water partition coefficient (Wildman–Crippen LogP) is 1.28. The van der Waals surface area contributed by atoms with Crippen molar-refractivity contribution in [1.82, 2.24) is 10.3 Å². The summed E-state index contributed by atoms with van der Waals surface area (Å²) in [5.41, 5.74) is 6.09. The Morgan fingerprint density at radius 2 is 2.33 bits per heavy atom. The monoisotopic (exact) mass is 268 g/mol. The minimum Gasteiger partial charge on any atom is -0.396 e. The van der Waals surface area contributed by atoms with Gasteiger partial charge in [-0.1, -0.05) is 11.6 Å². The van der Waals surface area contributed by atoms with Crippen LogP contribution in [-0.2, 0) is 4.79 Å². The summed E-state index contributed by atoms with van der Waals surface area (Å²) in [7, 11) is 1.65. The van der Waals surface area contributed by atoms with E-state index in [1.807, 2.05) is 11.8 Å². The van der Waals surface area contributed by atoms with E-state index in [4.69, 9.17) is 17.3 Å². The molecular weight excluding hydrogens is 252 g/mol. The van der Waals surface area contributed by atoms with E-state index in [1.54, 1.807) is 19.2 Å². The van der Waals surface area contributed by atoms with Crippen LogP contribution in [0, 0.1) is 5.41 Å². The highest BCUT2D eigenvalue weighted by molar-refractivity contribution is 6.29. The van der Waals surface area contributed by atoms with Crippen LogP contribution in [0.4, 0.5) is 11.5 Å². The largest absolute Gasteiger partial charge is 0.396 e. The van der Waals surface area contributed by atoms with Crippen molar-refractivity contribution in [2.45, 2.75) is 13.3 Å². The molecular formula is C12H17ClN4O. The zero-order valence-corrected chi connectivity index (χ0v) is 11.3. The second-order valence-corrected chi connectivity index (χ2v) is 5.25. The second-order valence-electron chi connectivity index (χ2n) is 4.86. The molecule has 0 aromatic carbocycles. The van der Waals surface area contributed by atoms with Gasteiger partial charge in [0.1, 0.15) is 5.15 Å². The van der Waals surface area contributed by atoms with Crippen molar-refractivity contribution in [3.63, 3.8) is 0 Å². The fraction of sp³-hybridized carbons (Fsp3) is 0.500. The van der Waals surface area contributed by atoms with Crippen LogP contribution in [0.3, 0.4) is 0 Å². The molecule has 98 valence electrons. The molecule has 1 aliphatic rings. The van der Waals surface area contributed by atoms with Gasteiger partial charge in [0, 0.05) is 20.1 Å². The number of amides is 1. The topological polar surface area (TPSA) is 71.2 Å². The number of anilines is 2. The molecule has 2 rings (SSSR count). The van der Waals surface area contributed by atoms with Crippen molar-refractivity contribution < 1.29 is 4.79 Å². The van der Waals surface area contributed by atoms with Crippen LogP contribution in [0.2, 0.25) is 5.15 Å². The Morgan fingerprint density at radius 3 is 3.00 bits per heavy atom. The second kappa shape index (κ2) is 4.65. The summed E-state index contributed by atoms with van der Waals surface area (Å²) in [4.78, 5) is 18.1. The molecule has 0 spiro atoms. The summed E-state index contributed by atoms with van der Waals surface area (Å²) in [6.07, 6.45) is 0.778. The van der Waals surface area contributed by atoms with Gasteiger partial charge < -0.3 is 16.0 Å². The highest BCUT2D eigenvalue weighted by Gasteiger charge is 2.40. The van der Waals surface area contributed by atoms with Crippen LogP contribution in [0.1, 0.15) is 13.3 Å². The summed E-state index contributed by atoms with van der Waals surface area (Å²) in [6.45, 7) is 3.30. The molecule has 6 heteroatoms. The summed E-state index contributed by atoms with van der Waals surface area (Å²) in [5.74, 6) is 0.709. The van der Waals surface area contributed by atoms with Crippen LogP contribution >= 0.6 is 11.6 Å². The Hall–Kier alpha value is -1.49. The van der Waals surface area contributed by atoms with E-state index in [1.165, 1.54) is 0 Å². The van der Waals surface area contributed by atoms with Crippen LogP contribution in [-0.4, -0.2) is 31.0 Å². The van der Waals surface area contributed by atoms with Crippen molar-refractivity contribution in [1.29, 1.82) is 0 Å². The number of hydrogen-bond donors (Lipinski definition) is 2. The van der Waals surface area contributed by atoms with Crippen molar-refractivity contribution in [3.05, 3.63) is 17.3 Å². The molecule has 0 bridgehead atoms. The lowest BCUT2D eigenvalue weighted by atomic mass is 9.89. The summed E-state index contributed by atoms with van der Waals surface area (Å²) in [6, 6.07) is 3.40. The Kier molecular flexibility index (Phi) is 3.34. The van der Waals surface area contributed by atoms with Gasteiger partial charge in [0.25, 0.3) is 0 Å². The number of carbonyl (C=O) groups excluding carboxylic acids is 1. The molecule has 5 nitrogen and oxygen atoms in total. The Morgan fingerprint density at radius 1 is 1.61 bits per heavy atom. The van der Waals surface area contributed by atoms with E-state index in [0.29, 0.717) is 23.2 Å². The number of nitrogens with two attached hydrogens (primary N) is 1. The number of nitrogens with one attached hydrogen (secondary N) is 1. The fourth-order valence-electron chi connectivity index (χ4n) is 2.32. The highest BCUT2D eigenvalue weighted by atomic mass is 35.5. The molecule has 1 amide bonds. The zero-order chi connectivity index (χ0) is 13.3. The molecule has 1 fully saturated rings. The SMILES string of the molecule is CNC(=O)C1(C)CCN(c2nc(Cl)ccc2N)C1. The lowest BCUT2D eigenvalue weighted by Crippen LogP contribution is -2.39. The molecule has 1 saturated heterocycles. The van der Waals surface area contributed by atoms with Crippen LogP contribution in [0.15, 0.2) is 12.1 Å². The first-order valence-electron chi connectivity index (χ1n) is 5.85. The highest BCUT2D eigenvalue weighted by Crippen LogP contribution is 2.35. The maximum absolute atomic E-state index is 11.8. The zero-order valence-electron chi connectivity index (χ0n) is 10.5. The molecule has 1 unspecified atom stereocenters. The van der Waals surface area contributed by atoms with Gasteiger partial charge in [0.2, 0.25) is 5.91 Å². The van der Waals surface area contributed by atoms with Crippen LogP contribution in [0.5, 0.6) is 0 Å². The number of pyridine rings is 1. The molecule has 0 aliphatic carbocycles. The maximum atomic E-state index is 11.8. The van der Waals surface area contributed by atoms with Gasteiger partial charge in [-0.3, -0.25) is 4.79 Å². The number of rotatable bonds is 2. The van der Waals surface area contributed by atoms with E-state index in [-0.39, 0.29) is 5.91 Å². The number of carbonyl (C=O) groups is 1. The Balaban J connectivity index is 2.23. The van der Waals surface area contributed by atoms with Crippen molar-refractivity contribution in [3.8, 4) is 0 Å². The van der Waals surface area contributed by atoms with Gasteiger partial charge >= 0.3 is 0 Å². The van der Waals surface area contributed by atoms with E-state index in [0.717, 1.165) is 13.0 Å². The maximum Gasteiger partial charge on any atom is 0.227 e. The Labute approximate surface area is 111 Å². The lowest BCUT2D eigenvalue weighted by molar-refractivity contribution is -0.128. The van der Waals surface area contributed by atoms with Crippen LogP contribution in [0.25, 0.3) is 0 Å². The number of halogens is 1. The molecule has 0 saturated carbocycles. The molecule has 1 aliphatic heterocycles. The van der Waals surface area contributed by atoms with E-state index in [9.17, 15) is 4.79 Å². The summed E-state index contributed by atoms with van der Waals surface area (Å²) < 4.78 is 0. The quantitative estimate of drug-likeness (QED) is 0.793. The molecule has 1 atom stereocenters. The van der Waals surface area contributed by atoms with E-state index >= 15 is 0 Å². The standard InChI is InChI=1S/C12H17ClN4O/c1-12(11(18)15-2)5-6-17(7-12)10-8(14)3-4-9(13)16-10/h3-4H,5-7,14H2,1-2H3,(H,15,18). The number of nitrogens with zero attached hydrogens (tertiary/aromatic N) is 2. The van der Waals surface area contributed by atoms with Crippen LogP contribution < -0.4 is 16.0 Å². The average molecular weight is 269 g/mol. The summed E-state index contributed by atoms with van der Waals surface area (Å²) >= 11 is 5.88. The van der Waals surface area contributed by atoms with Gasteiger partial charge in [0.05, 0.1) is 11.1 Å². The molecule has 0 radical (unpaired) electrons. The molecule has 1 aromatic heterocycles. The van der Waals surface area contributed by atoms with Crippen molar-refractivity contribution in [2.75, 3.05) is 30.8 Å². The summed E-state index contributed by atoms with van der Waals surface area (Å²) in [5, 5.41) is 3.11. The number of nitrogen functional groups attached to an aromatic ring is 1. The fourth-order valence-corrected chi connectivity index (χ4v) is 2.46. The van der Waals surface area contributed by atoms with Gasteiger partial charge in [-0.05, 0) is 25.5 Å². The first kappa shape index (κ1) is 13.0. The third kappa shape index (κ3) is 2.22. The third-order valence-electron chi connectivity index (χ3n) is 3.42. The van der Waals surface area contributed by atoms with Gasteiger partial charge in [-0.25, -0.2) is 4.98 Å². The Bertz CT molecular complexity index is 479. The molecule has 3 N–H and O–H groups in total. The molecule has 2 heterocycles. The van der Waals surface area contributed by atoms with Crippen molar-refractivity contribution >= 4 is 29.0 Å². The van der Waals surface area contributed by atoms with E-state index < -0.39 is 5.41 Å². The van der Waals surface area contributed by atoms with Gasteiger partial charge in [-0.2, -0.15) is 0 Å². The number of hydrogen-bond acceptors (Lipinski definition) is 4. The average Bonchev–Trinajstić information content (AvgIpc) is 2.75. The predicted molar refractivity (Wildman–Crippen MR) is 72.7 cm³/mol. The third-order valence-corrected chi connectivity index (χ3v) is 3.63. The smallest absolute Gasteiger partial charge is 0.227 e. The minimum atomic E-state index is -0.398. The van der Waals surface area contributed by atoms with E-state index in [2.05, 4.69) is 10.3 Å². The van der Waals surface area contributed by atoms with Crippen molar-refractivity contribution in [2.24, 2.45) is 5.41 Å². The van der Waals surface area contributed by atoms with Gasteiger partial charge in [0.15, 0.2) is 5.82 Å². The minimum absolute atomic E-state index is 0.0469.